The van der Waals surface area contributed by atoms with Crippen molar-refractivity contribution in [3.8, 4) is 0 Å². The molecule has 1 heterocycles. The summed E-state index contributed by atoms with van der Waals surface area (Å²) < 4.78 is -0.208. The molecule has 0 radical (unpaired) electrons. The lowest BCUT2D eigenvalue weighted by atomic mass is 10.2. The first kappa shape index (κ1) is 12.8. The van der Waals surface area contributed by atoms with Crippen LogP contribution in [0.15, 0.2) is 28.0 Å². The lowest BCUT2D eigenvalue weighted by Crippen LogP contribution is -2.20. The highest BCUT2D eigenvalue weighted by molar-refractivity contribution is 8.01. The zero-order chi connectivity index (χ0) is 12.5. The standard InChI is InChI=1S/C12H15NO2S2/c1-12(2,7-14)17-8-3-4-10-9(5-8)13-11(15)6-16-10/h3-5,14H,6-7H2,1-2H3,(H,13,15). The van der Waals surface area contributed by atoms with E-state index in [4.69, 9.17) is 0 Å². The van der Waals surface area contributed by atoms with Crippen LogP contribution in [0.2, 0.25) is 0 Å². The zero-order valence-corrected chi connectivity index (χ0v) is 11.5. The number of carbonyl (C=O) groups is 1. The molecule has 0 aromatic heterocycles. The minimum Gasteiger partial charge on any atom is -0.395 e. The third kappa shape index (κ3) is 3.18. The van der Waals surface area contributed by atoms with E-state index in [2.05, 4.69) is 5.32 Å². The highest BCUT2D eigenvalue weighted by Crippen LogP contribution is 2.38. The molecule has 5 heteroatoms. The third-order valence-corrected chi connectivity index (χ3v) is 4.60. The van der Waals surface area contributed by atoms with E-state index in [0.717, 1.165) is 15.5 Å². The Hall–Kier alpha value is -0.650. The van der Waals surface area contributed by atoms with Crippen LogP contribution in [0.4, 0.5) is 5.69 Å². The van der Waals surface area contributed by atoms with Crippen LogP contribution in [0.25, 0.3) is 0 Å². The maximum absolute atomic E-state index is 11.3. The summed E-state index contributed by atoms with van der Waals surface area (Å²) in [7, 11) is 0. The van der Waals surface area contributed by atoms with Crippen LogP contribution in [0.3, 0.4) is 0 Å². The molecule has 0 bridgehead atoms. The summed E-state index contributed by atoms with van der Waals surface area (Å²) in [5, 5.41) is 12.1. The van der Waals surface area contributed by atoms with Gasteiger partial charge < -0.3 is 10.4 Å². The van der Waals surface area contributed by atoms with Gasteiger partial charge in [-0.05, 0) is 32.0 Å². The topological polar surface area (TPSA) is 49.3 Å². The number of aliphatic hydroxyl groups excluding tert-OH is 1. The lowest BCUT2D eigenvalue weighted by molar-refractivity contribution is -0.113. The van der Waals surface area contributed by atoms with Crippen LogP contribution in [-0.2, 0) is 4.79 Å². The highest BCUT2D eigenvalue weighted by Gasteiger charge is 2.20. The summed E-state index contributed by atoms with van der Waals surface area (Å²) in [6, 6.07) is 6.03. The monoisotopic (exact) mass is 269 g/mol. The van der Waals surface area contributed by atoms with Gasteiger partial charge in [-0.1, -0.05) is 0 Å². The number of hydrogen-bond acceptors (Lipinski definition) is 4. The minimum atomic E-state index is -0.208. The first-order valence-corrected chi connectivity index (χ1v) is 7.17. The van der Waals surface area contributed by atoms with Crippen LogP contribution in [0, 0.1) is 0 Å². The summed E-state index contributed by atoms with van der Waals surface area (Å²) >= 11 is 3.17. The number of benzene rings is 1. The van der Waals surface area contributed by atoms with Crippen molar-refractivity contribution in [2.75, 3.05) is 17.7 Å². The molecule has 92 valence electrons. The average Bonchev–Trinajstić information content (AvgIpc) is 2.28. The molecule has 1 aromatic rings. The Labute approximate surface area is 109 Å². The Morgan fingerprint density at radius 3 is 3.00 bits per heavy atom. The second-order valence-electron chi connectivity index (χ2n) is 4.51. The van der Waals surface area contributed by atoms with Gasteiger partial charge in [-0.25, -0.2) is 0 Å². The van der Waals surface area contributed by atoms with Gasteiger partial charge in [-0.15, -0.1) is 23.5 Å². The molecular formula is C12H15NO2S2. The van der Waals surface area contributed by atoms with E-state index in [1.807, 2.05) is 32.0 Å². The van der Waals surface area contributed by atoms with Gasteiger partial charge in [0, 0.05) is 14.5 Å². The Morgan fingerprint density at radius 1 is 1.53 bits per heavy atom. The third-order valence-electron chi connectivity index (χ3n) is 2.36. The highest BCUT2D eigenvalue weighted by atomic mass is 32.2. The number of thioether (sulfide) groups is 2. The normalized spacial score (nSPS) is 15.4. The van der Waals surface area contributed by atoms with Gasteiger partial charge >= 0.3 is 0 Å². The molecule has 0 saturated carbocycles. The van der Waals surface area contributed by atoms with Gasteiger partial charge in [-0.3, -0.25) is 4.79 Å². The minimum absolute atomic E-state index is 0.0473. The summed E-state index contributed by atoms with van der Waals surface area (Å²) in [6.07, 6.45) is 0. The Morgan fingerprint density at radius 2 is 2.29 bits per heavy atom. The Bertz CT molecular complexity index is 446. The molecule has 0 spiro atoms. The Balaban J connectivity index is 2.21. The van der Waals surface area contributed by atoms with Crippen molar-refractivity contribution < 1.29 is 9.90 Å². The molecule has 17 heavy (non-hydrogen) atoms. The lowest BCUT2D eigenvalue weighted by Gasteiger charge is -2.22. The second kappa shape index (κ2) is 4.92. The second-order valence-corrected chi connectivity index (χ2v) is 7.31. The number of fused-ring (bicyclic) bond motifs is 1. The van der Waals surface area contributed by atoms with Gasteiger partial charge in [0.1, 0.15) is 0 Å². The predicted octanol–water partition coefficient (Wildman–Crippen LogP) is 2.59. The maximum atomic E-state index is 11.3. The number of hydrogen-bond donors (Lipinski definition) is 2. The molecule has 1 aliphatic heterocycles. The van der Waals surface area contributed by atoms with E-state index in [-0.39, 0.29) is 17.3 Å². The van der Waals surface area contributed by atoms with Crippen molar-refractivity contribution in [2.45, 2.75) is 28.4 Å². The molecule has 0 saturated heterocycles. The van der Waals surface area contributed by atoms with Crippen molar-refractivity contribution in [2.24, 2.45) is 0 Å². The average molecular weight is 269 g/mol. The van der Waals surface area contributed by atoms with Gasteiger partial charge in [-0.2, -0.15) is 0 Å². The molecule has 1 aliphatic rings. The van der Waals surface area contributed by atoms with Gasteiger partial charge in [0.2, 0.25) is 5.91 Å². The largest absolute Gasteiger partial charge is 0.395 e. The number of anilines is 1. The van der Waals surface area contributed by atoms with Gasteiger partial charge in [0.25, 0.3) is 0 Å². The van der Waals surface area contributed by atoms with E-state index in [0.29, 0.717) is 5.75 Å². The molecule has 3 nitrogen and oxygen atoms in total. The number of aliphatic hydroxyl groups is 1. The number of rotatable bonds is 3. The maximum Gasteiger partial charge on any atom is 0.234 e. The smallest absolute Gasteiger partial charge is 0.234 e. The van der Waals surface area contributed by atoms with Crippen LogP contribution >= 0.6 is 23.5 Å². The van der Waals surface area contributed by atoms with Crippen molar-refractivity contribution in [1.29, 1.82) is 0 Å². The van der Waals surface area contributed by atoms with Crippen LogP contribution in [0.1, 0.15) is 13.8 Å². The van der Waals surface area contributed by atoms with Crippen LogP contribution < -0.4 is 5.32 Å². The van der Waals surface area contributed by atoms with E-state index in [1.54, 1.807) is 23.5 Å². The molecule has 0 atom stereocenters. The first-order valence-electron chi connectivity index (χ1n) is 5.37. The van der Waals surface area contributed by atoms with Gasteiger partial charge in [0.05, 0.1) is 18.0 Å². The van der Waals surface area contributed by atoms with Crippen molar-refractivity contribution >= 4 is 35.1 Å². The summed E-state index contributed by atoms with van der Waals surface area (Å²) in [6.45, 7) is 4.10. The molecular weight excluding hydrogens is 254 g/mol. The molecule has 0 aliphatic carbocycles. The quantitative estimate of drug-likeness (QED) is 0.828. The molecule has 2 N–H and O–H groups in total. The fraction of sp³-hybridized carbons (Fsp3) is 0.417. The van der Waals surface area contributed by atoms with Crippen molar-refractivity contribution in [1.82, 2.24) is 0 Å². The van der Waals surface area contributed by atoms with Crippen molar-refractivity contribution in [3.63, 3.8) is 0 Å². The van der Waals surface area contributed by atoms with Crippen LogP contribution in [0.5, 0.6) is 0 Å². The predicted molar refractivity (Wildman–Crippen MR) is 72.8 cm³/mol. The number of carbonyl (C=O) groups excluding carboxylic acids is 1. The fourth-order valence-corrected chi connectivity index (χ4v) is 3.28. The van der Waals surface area contributed by atoms with E-state index in [9.17, 15) is 9.90 Å². The summed E-state index contributed by atoms with van der Waals surface area (Å²) in [4.78, 5) is 13.5. The fourth-order valence-electron chi connectivity index (χ4n) is 1.48. The SMILES string of the molecule is CC(C)(CO)Sc1ccc2c(c1)NC(=O)CS2. The Kier molecular flexibility index (Phi) is 3.70. The summed E-state index contributed by atoms with van der Waals surface area (Å²) in [5.74, 6) is 0.535. The molecule has 0 fully saturated rings. The first-order chi connectivity index (χ1) is 8.00. The summed E-state index contributed by atoms with van der Waals surface area (Å²) in [5.41, 5.74) is 0.880. The molecule has 1 amide bonds. The molecule has 0 unspecified atom stereocenters. The van der Waals surface area contributed by atoms with Crippen LogP contribution in [-0.4, -0.2) is 28.1 Å². The van der Waals surface area contributed by atoms with E-state index >= 15 is 0 Å². The molecule has 1 aromatic carbocycles. The number of nitrogens with one attached hydrogen (secondary N) is 1. The van der Waals surface area contributed by atoms with Gasteiger partial charge in [0.15, 0.2) is 0 Å². The van der Waals surface area contributed by atoms with E-state index in [1.165, 1.54) is 0 Å². The van der Waals surface area contributed by atoms with E-state index < -0.39 is 0 Å². The molecule has 2 rings (SSSR count). The number of amides is 1. The van der Waals surface area contributed by atoms with Crippen molar-refractivity contribution in [3.05, 3.63) is 18.2 Å². The zero-order valence-electron chi connectivity index (χ0n) is 9.82.